The third-order valence-electron chi connectivity index (χ3n) is 6.48. The second kappa shape index (κ2) is 10.3. The predicted molar refractivity (Wildman–Crippen MR) is 129 cm³/mol. The number of ether oxygens (including phenoxy) is 1. The Kier molecular flexibility index (Phi) is 7.41. The van der Waals surface area contributed by atoms with Crippen LogP contribution in [0.25, 0.3) is 10.2 Å². The molecule has 3 aromatic rings. The molecule has 1 atom stereocenters. The number of thiophene rings is 1. The lowest BCUT2D eigenvalue weighted by atomic mass is 9.93. The van der Waals surface area contributed by atoms with Gasteiger partial charge in [-0.1, -0.05) is 0 Å². The quantitative estimate of drug-likeness (QED) is 0.523. The maximum atomic E-state index is 13.1. The van der Waals surface area contributed by atoms with Crippen LogP contribution in [0, 0.1) is 5.82 Å². The number of aryl methyl sites for hydroxylation is 1. The Labute approximate surface area is 202 Å². The summed E-state index contributed by atoms with van der Waals surface area (Å²) in [6.45, 7) is 0. The molecule has 0 spiro atoms. The van der Waals surface area contributed by atoms with Crippen LogP contribution in [0.4, 0.5) is 10.2 Å². The number of carbonyl (C=O) groups excluding carboxylic acids is 1. The van der Waals surface area contributed by atoms with E-state index in [9.17, 15) is 9.18 Å². The average Bonchev–Trinajstić information content (AvgIpc) is 3.36. The SMILES string of the molecule is CNC1CCC(Oc2ncnc3sc4c(c23)[C@@H](CC(=O)Nc2ccc(F)cn2)CC4)CC1.Cl. The van der Waals surface area contributed by atoms with Crippen LogP contribution in [0.3, 0.4) is 0 Å². The topological polar surface area (TPSA) is 89.0 Å². The van der Waals surface area contributed by atoms with E-state index in [1.807, 2.05) is 7.05 Å². The highest BCUT2D eigenvalue weighted by molar-refractivity contribution is 7.19. The maximum Gasteiger partial charge on any atom is 0.226 e. The first-order valence-electron chi connectivity index (χ1n) is 11.1. The zero-order chi connectivity index (χ0) is 22.1. The number of fused-ring (bicyclic) bond motifs is 3. The molecule has 1 fully saturated rings. The van der Waals surface area contributed by atoms with E-state index >= 15 is 0 Å². The minimum Gasteiger partial charge on any atom is -0.474 e. The first kappa shape index (κ1) is 23.8. The van der Waals surface area contributed by atoms with Gasteiger partial charge in [0.05, 0.1) is 11.6 Å². The summed E-state index contributed by atoms with van der Waals surface area (Å²) in [6.07, 6.45) is 9.18. The molecule has 0 radical (unpaired) electrons. The average molecular weight is 492 g/mol. The summed E-state index contributed by atoms with van der Waals surface area (Å²) in [5, 5.41) is 7.10. The Balaban J connectivity index is 0.00000259. The number of rotatable bonds is 6. The molecule has 176 valence electrons. The van der Waals surface area contributed by atoms with Gasteiger partial charge in [-0.25, -0.2) is 19.3 Å². The molecular weight excluding hydrogens is 465 g/mol. The number of amides is 1. The van der Waals surface area contributed by atoms with Gasteiger partial charge in [-0.2, -0.15) is 0 Å². The van der Waals surface area contributed by atoms with Crippen molar-refractivity contribution in [2.45, 2.75) is 63.0 Å². The summed E-state index contributed by atoms with van der Waals surface area (Å²) in [5.74, 6) is 0.515. The van der Waals surface area contributed by atoms with Gasteiger partial charge in [-0.3, -0.25) is 4.79 Å². The van der Waals surface area contributed by atoms with Gasteiger partial charge in [-0.15, -0.1) is 23.7 Å². The van der Waals surface area contributed by atoms with Crippen molar-refractivity contribution in [3.63, 3.8) is 0 Å². The molecule has 10 heteroatoms. The zero-order valence-electron chi connectivity index (χ0n) is 18.3. The lowest BCUT2D eigenvalue weighted by molar-refractivity contribution is -0.116. The van der Waals surface area contributed by atoms with Crippen molar-refractivity contribution in [2.24, 2.45) is 0 Å². The summed E-state index contributed by atoms with van der Waals surface area (Å²) in [5.41, 5.74) is 1.16. The molecule has 2 N–H and O–H groups in total. The Morgan fingerprint density at radius 3 is 2.73 bits per heavy atom. The monoisotopic (exact) mass is 491 g/mol. The molecule has 33 heavy (non-hydrogen) atoms. The molecule has 3 heterocycles. The number of nitrogens with one attached hydrogen (secondary N) is 2. The molecule has 7 nitrogen and oxygen atoms in total. The Hall–Kier alpha value is -2.36. The van der Waals surface area contributed by atoms with Crippen LogP contribution < -0.4 is 15.4 Å². The smallest absolute Gasteiger partial charge is 0.226 e. The molecular formula is C23H27ClFN5O2S. The van der Waals surface area contributed by atoms with E-state index in [1.54, 1.807) is 17.7 Å². The second-order valence-corrected chi connectivity index (χ2v) is 9.61. The Bertz CT molecular complexity index is 1120. The van der Waals surface area contributed by atoms with Crippen molar-refractivity contribution < 1.29 is 13.9 Å². The van der Waals surface area contributed by atoms with Crippen LogP contribution in [0.1, 0.15) is 54.9 Å². The van der Waals surface area contributed by atoms with Crippen molar-refractivity contribution >= 4 is 45.7 Å². The molecule has 3 aromatic heterocycles. The summed E-state index contributed by atoms with van der Waals surface area (Å²) < 4.78 is 19.5. The van der Waals surface area contributed by atoms with Gasteiger partial charge >= 0.3 is 0 Å². The van der Waals surface area contributed by atoms with Crippen molar-refractivity contribution in [1.29, 1.82) is 0 Å². The van der Waals surface area contributed by atoms with E-state index in [4.69, 9.17) is 4.74 Å². The molecule has 1 amide bonds. The third-order valence-corrected chi connectivity index (χ3v) is 7.66. The van der Waals surface area contributed by atoms with E-state index < -0.39 is 5.82 Å². The van der Waals surface area contributed by atoms with E-state index in [2.05, 4.69) is 25.6 Å². The van der Waals surface area contributed by atoms with Crippen LogP contribution in [-0.4, -0.2) is 40.1 Å². The van der Waals surface area contributed by atoms with Crippen LogP contribution in [-0.2, 0) is 11.2 Å². The first-order chi connectivity index (χ1) is 15.6. The van der Waals surface area contributed by atoms with Crippen molar-refractivity contribution in [2.75, 3.05) is 12.4 Å². The van der Waals surface area contributed by atoms with Crippen molar-refractivity contribution in [3.8, 4) is 5.88 Å². The molecule has 1 saturated carbocycles. The van der Waals surface area contributed by atoms with Gasteiger partial charge in [0.15, 0.2) is 0 Å². The molecule has 2 aliphatic rings. The second-order valence-electron chi connectivity index (χ2n) is 8.53. The minimum atomic E-state index is -0.430. The molecule has 2 aliphatic carbocycles. The van der Waals surface area contributed by atoms with E-state index in [0.29, 0.717) is 24.2 Å². The fraction of sp³-hybridized carbons (Fsp3) is 0.478. The van der Waals surface area contributed by atoms with Crippen LogP contribution in [0.2, 0.25) is 0 Å². The third kappa shape index (κ3) is 5.10. The van der Waals surface area contributed by atoms with Gasteiger partial charge in [0.2, 0.25) is 11.8 Å². The summed E-state index contributed by atoms with van der Waals surface area (Å²) >= 11 is 1.68. The highest BCUT2D eigenvalue weighted by Gasteiger charge is 2.32. The number of halogens is 2. The molecule has 0 aromatic carbocycles. The predicted octanol–water partition coefficient (Wildman–Crippen LogP) is 4.62. The number of hydrogen-bond donors (Lipinski definition) is 2. The molecule has 5 rings (SSSR count). The highest BCUT2D eigenvalue weighted by atomic mass is 35.5. The normalized spacial score (nSPS) is 21.9. The molecule has 0 saturated heterocycles. The van der Waals surface area contributed by atoms with Crippen LogP contribution in [0.5, 0.6) is 5.88 Å². The first-order valence-corrected chi connectivity index (χ1v) is 11.9. The van der Waals surface area contributed by atoms with Gasteiger partial charge in [0.25, 0.3) is 0 Å². The summed E-state index contributed by atoms with van der Waals surface area (Å²) in [6, 6.07) is 3.31. The summed E-state index contributed by atoms with van der Waals surface area (Å²) in [7, 11) is 2.01. The molecule has 0 bridgehead atoms. The van der Waals surface area contributed by atoms with Crippen molar-refractivity contribution in [1.82, 2.24) is 20.3 Å². The minimum absolute atomic E-state index is 0. The number of pyridine rings is 1. The van der Waals surface area contributed by atoms with E-state index in [1.165, 1.54) is 17.0 Å². The zero-order valence-corrected chi connectivity index (χ0v) is 20.0. The highest BCUT2D eigenvalue weighted by Crippen LogP contribution is 2.47. The maximum absolute atomic E-state index is 13.1. The van der Waals surface area contributed by atoms with Gasteiger partial charge < -0.3 is 15.4 Å². The Morgan fingerprint density at radius 1 is 1.18 bits per heavy atom. The fourth-order valence-corrected chi connectivity index (χ4v) is 6.06. The number of aromatic nitrogens is 3. The summed E-state index contributed by atoms with van der Waals surface area (Å²) in [4.78, 5) is 27.8. The van der Waals surface area contributed by atoms with Crippen LogP contribution in [0.15, 0.2) is 24.7 Å². The van der Waals surface area contributed by atoms with Crippen LogP contribution >= 0.6 is 23.7 Å². The van der Waals surface area contributed by atoms with E-state index in [0.717, 1.165) is 60.5 Å². The lowest BCUT2D eigenvalue weighted by Crippen LogP contribution is -2.34. The lowest BCUT2D eigenvalue weighted by Gasteiger charge is -2.28. The van der Waals surface area contributed by atoms with Crippen molar-refractivity contribution in [3.05, 3.63) is 40.9 Å². The largest absolute Gasteiger partial charge is 0.474 e. The number of anilines is 1. The number of nitrogens with zero attached hydrogens (tertiary/aromatic N) is 3. The standard InChI is InChI=1S/C23H26FN5O2S.ClH/c1-25-15-4-6-16(7-5-15)31-22-21-20-13(2-8-17(20)32-23(21)28-12-27-22)10-19(30)29-18-9-3-14(24)11-26-18;/h3,9,11-13,15-16,25H,2,4-8,10H2,1H3,(H,26,29,30);1H/t13-,15?,16?;/m1./s1. The van der Waals surface area contributed by atoms with Gasteiger partial charge in [0.1, 0.15) is 28.9 Å². The Morgan fingerprint density at radius 2 is 2.00 bits per heavy atom. The molecule has 0 aliphatic heterocycles. The number of carbonyl (C=O) groups is 1. The van der Waals surface area contributed by atoms with E-state index in [-0.39, 0.29) is 30.3 Å². The van der Waals surface area contributed by atoms with Gasteiger partial charge in [0, 0.05) is 17.3 Å². The number of hydrogen-bond acceptors (Lipinski definition) is 7. The molecule has 0 unspecified atom stereocenters. The van der Waals surface area contributed by atoms with Gasteiger partial charge in [-0.05, 0) is 69.2 Å². The fourth-order valence-electron chi connectivity index (χ4n) is 4.83.